The van der Waals surface area contributed by atoms with Crippen LogP contribution in [0.2, 0.25) is 19.5 Å². The second kappa shape index (κ2) is 2.41. The maximum Gasteiger partial charge on any atom is 0.137 e. The molecule has 4 rings (SSSR count). The Hall–Kier alpha value is 0.0649. The molecule has 0 amide bonds. The molecule has 0 nitrogen and oxygen atoms in total. The van der Waals surface area contributed by atoms with Crippen molar-refractivity contribution in [3.63, 3.8) is 0 Å². The summed E-state index contributed by atoms with van der Waals surface area (Å²) < 4.78 is 0. The molecule has 1 saturated heterocycles. The molecule has 78 valence electrons. The maximum atomic E-state index is 2.60. The van der Waals surface area contributed by atoms with Crippen molar-refractivity contribution in [3.8, 4) is 0 Å². The zero-order valence-corrected chi connectivity index (χ0v) is 10.1. The van der Waals surface area contributed by atoms with Crippen molar-refractivity contribution in [2.45, 2.75) is 53.1 Å². The molecule has 3 saturated carbocycles. The second-order valence-corrected chi connectivity index (χ2v) is 7.29. The van der Waals surface area contributed by atoms with E-state index in [9.17, 15) is 0 Å². The average molecular weight is 190 g/mol. The monoisotopic (exact) mass is 190 g/mol. The molecule has 1 aliphatic heterocycles. The van der Waals surface area contributed by atoms with Crippen LogP contribution >= 0.6 is 0 Å². The van der Waals surface area contributed by atoms with Gasteiger partial charge in [0.05, 0.1) is 0 Å². The summed E-state index contributed by atoms with van der Waals surface area (Å²) in [6.07, 6.45) is 6.13. The van der Waals surface area contributed by atoms with E-state index in [1.54, 1.807) is 12.8 Å². The van der Waals surface area contributed by atoms with Crippen molar-refractivity contribution in [1.29, 1.82) is 0 Å². The van der Waals surface area contributed by atoms with Crippen LogP contribution in [0.3, 0.4) is 0 Å². The summed E-state index contributed by atoms with van der Waals surface area (Å²) in [7, 11) is 0. The average Bonchev–Trinajstić information content (AvgIpc) is 2.37. The van der Waals surface area contributed by atoms with Crippen LogP contribution in [-0.4, -0.2) is 6.71 Å². The molecular formula is C13H23B. The summed E-state index contributed by atoms with van der Waals surface area (Å²) in [6.45, 7) is 11.1. The number of rotatable bonds is 0. The van der Waals surface area contributed by atoms with Gasteiger partial charge >= 0.3 is 0 Å². The normalized spacial score (nSPS) is 54.0. The van der Waals surface area contributed by atoms with Gasteiger partial charge in [0, 0.05) is 0 Å². The fourth-order valence-corrected chi connectivity index (χ4v) is 5.43. The van der Waals surface area contributed by atoms with Gasteiger partial charge in [0.15, 0.2) is 0 Å². The van der Waals surface area contributed by atoms with Gasteiger partial charge in [-0.1, -0.05) is 40.2 Å². The zero-order chi connectivity index (χ0) is 10.1. The smallest absolute Gasteiger partial charge is 0.0861 e. The molecule has 0 aromatic carbocycles. The molecule has 4 fully saturated rings. The first-order chi connectivity index (χ1) is 6.44. The standard InChI is InChI=1S/C13H23B/c1-12(2)9-5-10-7-14(4)8-13(10,3)11(12)6-9/h9-11H,5-8H2,1-4H3. The minimum atomic E-state index is 0.676. The van der Waals surface area contributed by atoms with E-state index in [2.05, 4.69) is 27.6 Å². The topological polar surface area (TPSA) is 0 Å². The van der Waals surface area contributed by atoms with E-state index in [1.165, 1.54) is 12.6 Å². The van der Waals surface area contributed by atoms with Crippen LogP contribution in [0.15, 0.2) is 0 Å². The lowest BCUT2D eigenvalue weighted by Crippen LogP contribution is -2.58. The van der Waals surface area contributed by atoms with Crippen LogP contribution < -0.4 is 0 Å². The highest BCUT2D eigenvalue weighted by atomic mass is 14.7. The Labute approximate surface area is 88.9 Å². The van der Waals surface area contributed by atoms with Gasteiger partial charge in [-0.25, -0.2) is 0 Å². The second-order valence-electron chi connectivity index (χ2n) is 7.29. The predicted octanol–water partition coefficient (Wildman–Crippen LogP) is 3.81. The molecule has 0 aromatic heterocycles. The first-order valence-corrected chi connectivity index (χ1v) is 6.44. The van der Waals surface area contributed by atoms with Crippen LogP contribution in [0.4, 0.5) is 0 Å². The molecule has 1 heteroatoms. The molecular weight excluding hydrogens is 167 g/mol. The molecule has 4 aliphatic rings. The van der Waals surface area contributed by atoms with E-state index in [4.69, 9.17) is 0 Å². The van der Waals surface area contributed by atoms with Gasteiger partial charge in [0.2, 0.25) is 0 Å². The van der Waals surface area contributed by atoms with Crippen molar-refractivity contribution in [1.82, 2.24) is 0 Å². The molecule has 2 bridgehead atoms. The van der Waals surface area contributed by atoms with E-state index in [-0.39, 0.29) is 0 Å². The highest BCUT2D eigenvalue weighted by molar-refractivity contribution is 6.58. The summed E-state index contributed by atoms with van der Waals surface area (Å²) in [4.78, 5) is 0. The van der Waals surface area contributed by atoms with Crippen LogP contribution in [0.25, 0.3) is 0 Å². The molecule has 3 aliphatic carbocycles. The van der Waals surface area contributed by atoms with E-state index in [1.807, 2.05) is 0 Å². The number of hydrogen-bond donors (Lipinski definition) is 0. The van der Waals surface area contributed by atoms with Crippen molar-refractivity contribution >= 4 is 6.71 Å². The lowest BCUT2D eigenvalue weighted by molar-refractivity contribution is -0.165. The fraction of sp³-hybridized carbons (Fsp3) is 1.00. The SMILES string of the molecule is CB1CC2CC3CC(C3(C)C)C2(C)C1. The highest BCUT2D eigenvalue weighted by Crippen LogP contribution is 2.71. The lowest BCUT2D eigenvalue weighted by Gasteiger charge is -2.66. The van der Waals surface area contributed by atoms with Gasteiger partial charge in [-0.3, -0.25) is 0 Å². The first kappa shape index (κ1) is 9.30. The van der Waals surface area contributed by atoms with Crippen LogP contribution in [0, 0.1) is 28.6 Å². The Bertz CT molecular complexity index is 270. The van der Waals surface area contributed by atoms with E-state index < -0.39 is 0 Å². The van der Waals surface area contributed by atoms with Crippen molar-refractivity contribution in [2.24, 2.45) is 28.6 Å². The molecule has 1 heterocycles. The fourth-order valence-electron chi connectivity index (χ4n) is 5.43. The zero-order valence-electron chi connectivity index (χ0n) is 10.1. The summed E-state index contributed by atoms with van der Waals surface area (Å²) in [5, 5.41) is 0. The third kappa shape index (κ3) is 0.876. The summed E-state index contributed by atoms with van der Waals surface area (Å²) in [5.74, 6) is 3.19. The largest absolute Gasteiger partial charge is 0.137 e. The minimum absolute atomic E-state index is 0.676. The maximum absolute atomic E-state index is 2.60. The Balaban J connectivity index is 1.95. The van der Waals surface area contributed by atoms with Crippen LogP contribution in [0.1, 0.15) is 33.6 Å². The molecule has 14 heavy (non-hydrogen) atoms. The summed E-state index contributed by atoms with van der Waals surface area (Å²) >= 11 is 0. The molecule has 0 aromatic rings. The van der Waals surface area contributed by atoms with Gasteiger partial charge in [0.1, 0.15) is 6.71 Å². The molecule has 0 spiro atoms. The van der Waals surface area contributed by atoms with Crippen LogP contribution in [0.5, 0.6) is 0 Å². The van der Waals surface area contributed by atoms with Gasteiger partial charge in [0.25, 0.3) is 0 Å². The predicted molar refractivity (Wildman–Crippen MR) is 62.8 cm³/mol. The van der Waals surface area contributed by atoms with Gasteiger partial charge in [-0.15, -0.1) is 0 Å². The molecule has 4 unspecified atom stereocenters. The Morgan fingerprint density at radius 3 is 2.43 bits per heavy atom. The third-order valence-electron chi connectivity index (χ3n) is 6.24. The Morgan fingerprint density at radius 1 is 1.07 bits per heavy atom. The van der Waals surface area contributed by atoms with E-state index in [0.717, 1.165) is 29.9 Å². The molecule has 4 atom stereocenters. The third-order valence-corrected chi connectivity index (χ3v) is 6.24. The van der Waals surface area contributed by atoms with E-state index in [0.29, 0.717) is 5.41 Å². The molecule has 0 N–H and O–H groups in total. The van der Waals surface area contributed by atoms with Crippen molar-refractivity contribution < 1.29 is 0 Å². The Morgan fingerprint density at radius 2 is 1.79 bits per heavy atom. The quantitative estimate of drug-likeness (QED) is 0.509. The van der Waals surface area contributed by atoms with E-state index >= 15 is 0 Å². The van der Waals surface area contributed by atoms with Crippen molar-refractivity contribution in [3.05, 3.63) is 0 Å². The Kier molecular flexibility index (Phi) is 1.60. The lowest BCUT2D eigenvalue weighted by atomic mass is 9.38. The molecule has 0 radical (unpaired) electrons. The van der Waals surface area contributed by atoms with Gasteiger partial charge in [-0.2, -0.15) is 0 Å². The highest BCUT2D eigenvalue weighted by Gasteiger charge is 2.64. The minimum Gasteiger partial charge on any atom is -0.0861 e. The number of hydrogen-bond acceptors (Lipinski definition) is 0. The summed E-state index contributed by atoms with van der Waals surface area (Å²) in [6, 6.07) is 0. The van der Waals surface area contributed by atoms with Crippen molar-refractivity contribution in [2.75, 3.05) is 0 Å². The van der Waals surface area contributed by atoms with Gasteiger partial charge in [-0.05, 0) is 41.4 Å². The van der Waals surface area contributed by atoms with Crippen LogP contribution in [-0.2, 0) is 0 Å². The first-order valence-electron chi connectivity index (χ1n) is 6.44. The summed E-state index contributed by atoms with van der Waals surface area (Å²) in [5.41, 5.74) is 1.40. The van der Waals surface area contributed by atoms with Gasteiger partial charge < -0.3 is 0 Å².